The second-order valence-electron chi connectivity index (χ2n) is 4.45. The minimum absolute atomic E-state index is 0.0120. The number of rotatable bonds is 1. The topological polar surface area (TPSA) is 58.7 Å². The average molecular weight is 272 g/mol. The second-order valence-corrected chi connectivity index (χ2v) is 4.88. The minimum atomic E-state index is 0.0120. The van der Waals surface area contributed by atoms with Crippen LogP contribution in [0.3, 0.4) is 0 Å². The summed E-state index contributed by atoms with van der Waals surface area (Å²) < 4.78 is 1.68. The number of halogens is 1. The highest BCUT2D eigenvalue weighted by Crippen LogP contribution is 2.27. The van der Waals surface area contributed by atoms with Crippen LogP contribution in [0, 0.1) is 11.3 Å². The van der Waals surface area contributed by atoms with Gasteiger partial charge >= 0.3 is 0 Å². The Morgan fingerprint density at radius 3 is 2.68 bits per heavy atom. The monoisotopic (exact) mass is 271 g/mol. The SMILES string of the molecule is N#Cc1nn(-c2ccc(Cl)cc2)c2c1C(=O)CCC2. The molecule has 5 heteroatoms. The second kappa shape index (κ2) is 4.52. The van der Waals surface area contributed by atoms with E-state index in [2.05, 4.69) is 5.10 Å². The molecule has 0 atom stereocenters. The molecule has 1 aromatic carbocycles. The van der Waals surface area contributed by atoms with E-state index in [1.165, 1.54) is 0 Å². The summed E-state index contributed by atoms with van der Waals surface area (Å²) in [6.07, 6.45) is 2.06. The van der Waals surface area contributed by atoms with Crippen LogP contribution in [-0.4, -0.2) is 15.6 Å². The number of aromatic nitrogens is 2. The maximum atomic E-state index is 11.9. The third kappa shape index (κ3) is 1.92. The molecular formula is C14H10ClN3O. The Bertz CT molecular complexity index is 695. The first-order valence-corrected chi connectivity index (χ1v) is 6.39. The lowest BCUT2D eigenvalue weighted by molar-refractivity contribution is 0.0972. The summed E-state index contributed by atoms with van der Waals surface area (Å²) in [4.78, 5) is 11.9. The Morgan fingerprint density at radius 1 is 1.26 bits per heavy atom. The summed E-state index contributed by atoms with van der Waals surface area (Å²) in [7, 11) is 0. The Kier molecular flexibility index (Phi) is 2.84. The molecule has 19 heavy (non-hydrogen) atoms. The van der Waals surface area contributed by atoms with Crippen LogP contribution in [0.25, 0.3) is 5.69 Å². The highest BCUT2D eigenvalue weighted by molar-refractivity contribution is 6.30. The van der Waals surface area contributed by atoms with Crippen molar-refractivity contribution in [2.75, 3.05) is 0 Å². The van der Waals surface area contributed by atoms with Gasteiger partial charge in [-0.2, -0.15) is 10.4 Å². The van der Waals surface area contributed by atoms with E-state index < -0.39 is 0 Å². The largest absolute Gasteiger partial charge is 0.294 e. The number of nitriles is 1. The standard InChI is InChI=1S/C14H10ClN3O/c15-9-4-6-10(7-5-9)18-12-2-1-3-13(19)14(12)11(8-16)17-18/h4-7H,1-3H2. The third-order valence-electron chi connectivity index (χ3n) is 3.25. The van der Waals surface area contributed by atoms with Gasteiger partial charge in [0.25, 0.3) is 0 Å². The predicted molar refractivity (Wildman–Crippen MR) is 70.6 cm³/mol. The van der Waals surface area contributed by atoms with E-state index in [9.17, 15) is 4.79 Å². The number of ketones is 1. The number of fused-ring (bicyclic) bond motifs is 1. The fourth-order valence-corrected chi connectivity index (χ4v) is 2.52. The molecule has 0 saturated heterocycles. The zero-order valence-corrected chi connectivity index (χ0v) is 10.8. The normalized spacial score (nSPS) is 14.0. The molecule has 0 spiro atoms. The first-order valence-electron chi connectivity index (χ1n) is 6.02. The van der Waals surface area contributed by atoms with Gasteiger partial charge in [-0.25, -0.2) is 4.68 Å². The number of Topliss-reactive ketones (excluding diaryl/α,β-unsaturated/α-hetero) is 1. The lowest BCUT2D eigenvalue weighted by atomic mass is 9.94. The van der Waals surface area contributed by atoms with Gasteiger partial charge in [0, 0.05) is 11.4 Å². The van der Waals surface area contributed by atoms with Crippen molar-refractivity contribution in [1.29, 1.82) is 5.26 Å². The molecule has 0 saturated carbocycles. The number of hydrogen-bond acceptors (Lipinski definition) is 3. The molecule has 1 aliphatic carbocycles. The molecule has 0 fully saturated rings. The minimum Gasteiger partial charge on any atom is -0.294 e. The summed E-state index contributed by atoms with van der Waals surface area (Å²) in [6, 6.07) is 9.20. The van der Waals surface area contributed by atoms with Gasteiger partial charge in [0.05, 0.1) is 16.9 Å². The molecule has 0 unspecified atom stereocenters. The molecule has 0 amide bonds. The zero-order chi connectivity index (χ0) is 13.4. The van der Waals surface area contributed by atoms with E-state index in [-0.39, 0.29) is 11.5 Å². The fraction of sp³-hybridized carbons (Fsp3) is 0.214. The molecule has 1 aliphatic rings. The van der Waals surface area contributed by atoms with Crippen LogP contribution in [0.1, 0.15) is 34.6 Å². The van der Waals surface area contributed by atoms with Crippen LogP contribution in [0.15, 0.2) is 24.3 Å². The van der Waals surface area contributed by atoms with E-state index in [4.69, 9.17) is 16.9 Å². The van der Waals surface area contributed by atoms with Crippen LogP contribution < -0.4 is 0 Å². The van der Waals surface area contributed by atoms with Crippen LogP contribution in [-0.2, 0) is 6.42 Å². The summed E-state index contributed by atoms with van der Waals surface area (Å²) in [5.74, 6) is 0.0120. The van der Waals surface area contributed by atoms with Crippen molar-refractivity contribution in [3.8, 4) is 11.8 Å². The van der Waals surface area contributed by atoms with Crippen LogP contribution >= 0.6 is 11.6 Å². The molecular weight excluding hydrogens is 262 g/mol. The van der Waals surface area contributed by atoms with Gasteiger partial charge in [-0.05, 0) is 37.1 Å². The van der Waals surface area contributed by atoms with Crippen LogP contribution in [0.2, 0.25) is 5.02 Å². The van der Waals surface area contributed by atoms with Gasteiger partial charge in [0.1, 0.15) is 6.07 Å². The Labute approximate surface area is 115 Å². The Hall–Kier alpha value is -2.12. The van der Waals surface area contributed by atoms with E-state index in [0.29, 0.717) is 17.0 Å². The average Bonchev–Trinajstić information content (AvgIpc) is 2.80. The lowest BCUT2D eigenvalue weighted by Gasteiger charge is -2.13. The number of carbonyl (C=O) groups is 1. The van der Waals surface area contributed by atoms with E-state index in [1.807, 2.05) is 18.2 Å². The quantitative estimate of drug-likeness (QED) is 0.801. The molecule has 1 aromatic heterocycles. The van der Waals surface area contributed by atoms with Gasteiger partial charge < -0.3 is 0 Å². The summed E-state index contributed by atoms with van der Waals surface area (Å²) in [5, 5.41) is 14.0. The molecule has 0 N–H and O–H groups in total. The molecule has 1 heterocycles. The van der Waals surface area contributed by atoms with Crippen molar-refractivity contribution in [1.82, 2.24) is 9.78 Å². The van der Waals surface area contributed by atoms with Crippen molar-refractivity contribution in [3.63, 3.8) is 0 Å². The van der Waals surface area contributed by atoms with Crippen molar-refractivity contribution >= 4 is 17.4 Å². The van der Waals surface area contributed by atoms with Gasteiger partial charge in [-0.15, -0.1) is 0 Å². The number of hydrogen-bond donors (Lipinski definition) is 0. The van der Waals surface area contributed by atoms with Gasteiger partial charge in [-0.1, -0.05) is 11.6 Å². The molecule has 94 valence electrons. The molecule has 3 rings (SSSR count). The Morgan fingerprint density at radius 2 is 2.00 bits per heavy atom. The molecule has 2 aromatic rings. The first kappa shape index (κ1) is 11.9. The summed E-state index contributed by atoms with van der Waals surface area (Å²) in [6.45, 7) is 0. The van der Waals surface area contributed by atoms with Crippen molar-refractivity contribution in [3.05, 3.63) is 46.2 Å². The zero-order valence-electron chi connectivity index (χ0n) is 10.1. The van der Waals surface area contributed by atoms with Crippen LogP contribution in [0.4, 0.5) is 0 Å². The van der Waals surface area contributed by atoms with E-state index in [1.54, 1.807) is 16.8 Å². The van der Waals surface area contributed by atoms with Crippen molar-refractivity contribution in [2.45, 2.75) is 19.3 Å². The summed E-state index contributed by atoms with van der Waals surface area (Å²) >= 11 is 5.86. The van der Waals surface area contributed by atoms with E-state index in [0.717, 1.165) is 24.2 Å². The van der Waals surface area contributed by atoms with Gasteiger partial charge in [0.15, 0.2) is 11.5 Å². The molecule has 0 radical (unpaired) electrons. The van der Waals surface area contributed by atoms with Gasteiger partial charge in [0.2, 0.25) is 0 Å². The Balaban J connectivity index is 2.20. The number of nitrogens with zero attached hydrogens (tertiary/aromatic N) is 3. The number of carbonyl (C=O) groups excluding carboxylic acids is 1. The maximum Gasteiger partial charge on any atom is 0.174 e. The molecule has 0 bridgehead atoms. The van der Waals surface area contributed by atoms with E-state index >= 15 is 0 Å². The van der Waals surface area contributed by atoms with Crippen molar-refractivity contribution in [2.24, 2.45) is 0 Å². The lowest BCUT2D eigenvalue weighted by Crippen LogP contribution is -2.13. The maximum absolute atomic E-state index is 11.9. The third-order valence-corrected chi connectivity index (χ3v) is 3.51. The highest BCUT2D eigenvalue weighted by Gasteiger charge is 2.27. The van der Waals surface area contributed by atoms with Gasteiger partial charge in [-0.3, -0.25) is 4.79 Å². The smallest absolute Gasteiger partial charge is 0.174 e. The van der Waals surface area contributed by atoms with Crippen molar-refractivity contribution < 1.29 is 4.79 Å². The highest BCUT2D eigenvalue weighted by atomic mass is 35.5. The fourth-order valence-electron chi connectivity index (χ4n) is 2.39. The number of benzene rings is 1. The molecule has 0 aliphatic heterocycles. The molecule has 4 nitrogen and oxygen atoms in total. The predicted octanol–water partition coefficient (Wildman–Crippen LogP) is 2.92. The summed E-state index contributed by atoms with van der Waals surface area (Å²) in [5.41, 5.74) is 2.35. The first-order chi connectivity index (χ1) is 9.20. The van der Waals surface area contributed by atoms with Crippen LogP contribution in [0.5, 0.6) is 0 Å².